The maximum Gasteiger partial charge on any atom is 0.343 e. The second-order valence-electron chi connectivity index (χ2n) is 8.55. The quantitative estimate of drug-likeness (QED) is 0.328. The van der Waals surface area contributed by atoms with Crippen molar-refractivity contribution in [2.45, 2.75) is 39.4 Å². The number of benzene rings is 3. The van der Waals surface area contributed by atoms with Crippen LogP contribution in [0.5, 0.6) is 0 Å². The number of rotatable bonds is 8. The molecule has 0 fully saturated rings. The van der Waals surface area contributed by atoms with Crippen LogP contribution in [0.3, 0.4) is 0 Å². The molecule has 4 aromatic rings. The van der Waals surface area contributed by atoms with E-state index < -0.39 is 0 Å². The van der Waals surface area contributed by atoms with Gasteiger partial charge >= 0.3 is 5.63 Å². The highest BCUT2D eigenvalue weighted by molar-refractivity contribution is 5.81. The van der Waals surface area contributed by atoms with E-state index in [0.717, 1.165) is 30.7 Å². The van der Waals surface area contributed by atoms with E-state index in [1.807, 2.05) is 42.5 Å². The van der Waals surface area contributed by atoms with E-state index in [1.165, 1.54) is 11.1 Å². The van der Waals surface area contributed by atoms with E-state index in [4.69, 9.17) is 4.42 Å². The highest BCUT2D eigenvalue weighted by atomic mass is 16.4. The van der Waals surface area contributed by atoms with Crippen LogP contribution < -0.4 is 5.63 Å². The predicted molar refractivity (Wildman–Crippen MR) is 127 cm³/mol. The average Bonchev–Trinajstić information content (AvgIpc) is 2.78. The molecule has 4 rings (SSSR count). The van der Waals surface area contributed by atoms with Gasteiger partial charge < -0.3 is 4.42 Å². The topological polar surface area (TPSA) is 33.5 Å². The van der Waals surface area contributed by atoms with Crippen LogP contribution in [-0.2, 0) is 13.1 Å². The van der Waals surface area contributed by atoms with Crippen molar-refractivity contribution in [1.29, 1.82) is 0 Å². The summed E-state index contributed by atoms with van der Waals surface area (Å²) in [5.41, 5.74) is 2.23. The molecule has 0 saturated heterocycles. The number of hydrogen-bond donors (Lipinski definition) is 0. The molecule has 0 aliphatic rings. The minimum Gasteiger partial charge on any atom is -0.426 e. The van der Waals surface area contributed by atoms with E-state index >= 15 is 0 Å². The lowest BCUT2D eigenvalue weighted by molar-refractivity contribution is 0.133. The molecule has 0 aliphatic carbocycles. The summed E-state index contributed by atoms with van der Waals surface area (Å²) in [5, 5.41) is 1.56. The van der Waals surface area contributed by atoms with Crippen molar-refractivity contribution in [3.05, 3.63) is 118 Å². The van der Waals surface area contributed by atoms with Crippen molar-refractivity contribution >= 4 is 10.8 Å². The molecule has 1 heterocycles. The first kappa shape index (κ1) is 21.1. The van der Waals surface area contributed by atoms with Gasteiger partial charge in [0, 0.05) is 13.1 Å². The van der Waals surface area contributed by atoms with Crippen LogP contribution in [0.1, 0.15) is 43.2 Å². The average molecular weight is 412 g/mol. The minimum atomic E-state index is -0.263. The zero-order valence-corrected chi connectivity index (χ0v) is 18.2. The standard InChI is InChI=1S/C28H29NO2/c1-21(2)17-26(27-18-24-15-9-10-16-25(24)28(30)31-27)29(19-22-11-5-3-6-12-22)20-23-13-7-4-8-14-23/h3-16,18,21,26H,17,19-20H2,1-2H3/t26-/m0/s1. The van der Waals surface area contributed by atoms with Crippen molar-refractivity contribution < 1.29 is 4.42 Å². The van der Waals surface area contributed by atoms with Crippen LogP contribution in [0.4, 0.5) is 0 Å². The molecule has 0 aliphatic heterocycles. The molecule has 1 aromatic heterocycles. The van der Waals surface area contributed by atoms with Crippen molar-refractivity contribution in [3.63, 3.8) is 0 Å². The molecule has 3 aromatic carbocycles. The largest absolute Gasteiger partial charge is 0.426 e. The van der Waals surface area contributed by atoms with Crippen molar-refractivity contribution in [2.24, 2.45) is 5.92 Å². The molecule has 3 nitrogen and oxygen atoms in total. The van der Waals surface area contributed by atoms with Gasteiger partial charge in [0.25, 0.3) is 0 Å². The fourth-order valence-electron chi connectivity index (χ4n) is 4.12. The van der Waals surface area contributed by atoms with Gasteiger partial charge in [-0.3, -0.25) is 4.90 Å². The Labute approximate surface area is 184 Å². The summed E-state index contributed by atoms with van der Waals surface area (Å²) in [4.78, 5) is 15.2. The van der Waals surface area contributed by atoms with Gasteiger partial charge in [-0.2, -0.15) is 0 Å². The van der Waals surface area contributed by atoms with Crippen LogP contribution in [-0.4, -0.2) is 4.90 Å². The number of nitrogens with zero attached hydrogens (tertiary/aromatic N) is 1. The second kappa shape index (κ2) is 9.76. The van der Waals surface area contributed by atoms with Crippen molar-refractivity contribution in [3.8, 4) is 0 Å². The van der Waals surface area contributed by atoms with Crippen molar-refractivity contribution in [1.82, 2.24) is 4.90 Å². The summed E-state index contributed by atoms with van der Waals surface area (Å²) < 4.78 is 5.91. The lowest BCUT2D eigenvalue weighted by Crippen LogP contribution is -2.30. The van der Waals surface area contributed by atoms with Crippen LogP contribution >= 0.6 is 0 Å². The van der Waals surface area contributed by atoms with Crippen molar-refractivity contribution in [2.75, 3.05) is 0 Å². The second-order valence-corrected chi connectivity index (χ2v) is 8.55. The van der Waals surface area contributed by atoms with Gasteiger partial charge in [-0.1, -0.05) is 92.7 Å². The molecular formula is C28H29NO2. The first-order valence-corrected chi connectivity index (χ1v) is 10.9. The Kier molecular flexibility index (Phi) is 6.63. The third-order valence-electron chi connectivity index (χ3n) is 5.61. The van der Waals surface area contributed by atoms with E-state index in [1.54, 1.807) is 0 Å². The van der Waals surface area contributed by atoms with Crippen LogP contribution in [0.25, 0.3) is 10.8 Å². The lowest BCUT2D eigenvalue weighted by atomic mass is 9.97. The monoisotopic (exact) mass is 411 g/mol. The molecule has 1 atom stereocenters. The van der Waals surface area contributed by atoms with Crippen LogP contribution in [0.15, 0.2) is 100 Å². The van der Waals surface area contributed by atoms with Gasteiger partial charge in [-0.25, -0.2) is 4.79 Å². The predicted octanol–water partition coefficient (Wildman–Crippen LogP) is 6.58. The van der Waals surface area contributed by atoms with Gasteiger partial charge in [-0.15, -0.1) is 0 Å². The molecule has 0 saturated carbocycles. The van der Waals surface area contributed by atoms with Crippen LogP contribution in [0, 0.1) is 5.92 Å². The summed E-state index contributed by atoms with van der Waals surface area (Å²) in [6, 6.07) is 30.7. The normalized spacial score (nSPS) is 12.5. The molecular weight excluding hydrogens is 382 g/mol. The molecule has 0 N–H and O–H groups in total. The molecule has 0 bridgehead atoms. The first-order chi connectivity index (χ1) is 15.1. The van der Waals surface area contributed by atoms with E-state index in [0.29, 0.717) is 11.3 Å². The summed E-state index contributed by atoms with van der Waals surface area (Å²) in [6.07, 6.45) is 0.904. The van der Waals surface area contributed by atoms with Gasteiger partial charge in [0.1, 0.15) is 5.76 Å². The molecule has 0 spiro atoms. The molecule has 0 amide bonds. The third-order valence-corrected chi connectivity index (χ3v) is 5.61. The molecule has 31 heavy (non-hydrogen) atoms. The SMILES string of the molecule is CC(C)C[C@@H](c1cc2ccccc2c(=O)o1)N(Cc1ccccc1)Cc1ccccc1. The molecule has 158 valence electrons. The van der Waals surface area contributed by atoms with Crippen LogP contribution in [0.2, 0.25) is 0 Å². The van der Waals surface area contributed by atoms with Gasteiger partial charge in [0.15, 0.2) is 0 Å². The summed E-state index contributed by atoms with van der Waals surface area (Å²) in [5.74, 6) is 1.19. The Balaban J connectivity index is 1.77. The zero-order chi connectivity index (χ0) is 21.6. The third kappa shape index (κ3) is 5.31. The Bertz CT molecular complexity index is 1120. The number of hydrogen-bond acceptors (Lipinski definition) is 3. The van der Waals surface area contributed by atoms with Gasteiger partial charge in [0.05, 0.1) is 11.4 Å². The summed E-state index contributed by atoms with van der Waals surface area (Å²) in [6.45, 7) is 6.00. The zero-order valence-electron chi connectivity index (χ0n) is 18.2. The molecule has 3 heteroatoms. The maximum atomic E-state index is 12.7. The molecule has 0 radical (unpaired) electrons. The highest BCUT2D eigenvalue weighted by Gasteiger charge is 2.25. The Morgan fingerprint density at radius 2 is 1.32 bits per heavy atom. The fourth-order valence-corrected chi connectivity index (χ4v) is 4.12. The minimum absolute atomic E-state index is 0.00211. The Morgan fingerprint density at radius 1 is 0.774 bits per heavy atom. The highest BCUT2D eigenvalue weighted by Crippen LogP contribution is 2.31. The van der Waals surface area contributed by atoms with E-state index in [-0.39, 0.29) is 11.7 Å². The lowest BCUT2D eigenvalue weighted by Gasteiger charge is -2.32. The summed E-state index contributed by atoms with van der Waals surface area (Å²) in [7, 11) is 0. The van der Waals surface area contributed by atoms with E-state index in [2.05, 4.69) is 67.3 Å². The number of fused-ring (bicyclic) bond motifs is 1. The Morgan fingerprint density at radius 3 is 1.90 bits per heavy atom. The van der Waals surface area contributed by atoms with Gasteiger partial charge in [0.2, 0.25) is 0 Å². The van der Waals surface area contributed by atoms with Gasteiger partial charge in [-0.05, 0) is 41.0 Å². The maximum absolute atomic E-state index is 12.7. The fraction of sp³-hybridized carbons (Fsp3) is 0.250. The molecule has 0 unspecified atom stereocenters. The smallest absolute Gasteiger partial charge is 0.343 e. The summed E-state index contributed by atoms with van der Waals surface area (Å²) >= 11 is 0. The Hall–Kier alpha value is -3.17. The van der Waals surface area contributed by atoms with E-state index in [9.17, 15) is 4.79 Å². The first-order valence-electron chi connectivity index (χ1n) is 10.9.